The molecule has 2 aromatic rings. The molecule has 20 heavy (non-hydrogen) atoms. The molecule has 1 aliphatic rings. The van der Waals surface area contributed by atoms with E-state index >= 15 is 0 Å². The monoisotopic (exact) mass is 274 g/mol. The summed E-state index contributed by atoms with van der Waals surface area (Å²) in [5.74, 6) is 0.538. The first kappa shape index (κ1) is 13.4. The van der Waals surface area contributed by atoms with Crippen LogP contribution in [0.5, 0.6) is 0 Å². The van der Waals surface area contributed by atoms with Gasteiger partial charge in [0, 0.05) is 13.1 Å². The predicted molar refractivity (Wildman–Crippen MR) is 79.6 cm³/mol. The minimum Gasteiger partial charge on any atom is -0.408 e. The van der Waals surface area contributed by atoms with E-state index in [0.29, 0.717) is 5.58 Å². The third kappa shape index (κ3) is 2.52. The second-order valence-electron chi connectivity index (χ2n) is 5.99. The van der Waals surface area contributed by atoms with Gasteiger partial charge in [0.15, 0.2) is 5.58 Å². The number of hydrogen-bond acceptors (Lipinski definition) is 3. The van der Waals surface area contributed by atoms with Crippen LogP contribution in [0.15, 0.2) is 27.4 Å². The maximum absolute atomic E-state index is 11.5. The summed E-state index contributed by atoms with van der Waals surface area (Å²) in [5.41, 5.74) is 8.79. The van der Waals surface area contributed by atoms with Crippen molar-refractivity contribution in [1.82, 2.24) is 4.57 Å². The van der Waals surface area contributed by atoms with Crippen LogP contribution in [0.4, 0.5) is 0 Å². The molecule has 0 amide bonds. The van der Waals surface area contributed by atoms with Gasteiger partial charge in [-0.1, -0.05) is 31.7 Å². The molecule has 2 N–H and O–H groups in total. The van der Waals surface area contributed by atoms with E-state index in [0.717, 1.165) is 23.4 Å². The summed E-state index contributed by atoms with van der Waals surface area (Å²) in [4.78, 5) is 11.5. The molecule has 1 saturated carbocycles. The fourth-order valence-electron chi connectivity index (χ4n) is 3.26. The van der Waals surface area contributed by atoms with E-state index in [2.05, 4.69) is 0 Å². The third-order valence-electron chi connectivity index (χ3n) is 4.61. The number of oxazole rings is 1. The molecule has 3 rings (SSSR count). The summed E-state index contributed by atoms with van der Waals surface area (Å²) in [5, 5.41) is 0. The summed E-state index contributed by atoms with van der Waals surface area (Å²) >= 11 is 0. The zero-order chi connectivity index (χ0) is 14.1. The lowest BCUT2D eigenvalue weighted by molar-refractivity contribution is 0.454. The molecule has 0 bridgehead atoms. The van der Waals surface area contributed by atoms with Crippen LogP contribution < -0.4 is 11.5 Å². The zero-order valence-corrected chi connectivity index (χ0v) is 12.0. The van der Waals surface area contributed by atoms with Gasteiger partial charge in [-0.05, 0) is 36.5 Å². The highest BCUT2D eigenvalue weighted by atomic mass is 16.4. The lowest BCUT2D eigenvalue weighted by atomic mass is 9.95. The number of fused-ring (bicyclic) bond motifs is 1. The van der Waals surface area contributed by atoms with Gasteiger partial charge >= 0.3 is 5.76 Å². The topological polar surface area (TPSA) is 61.2 Å². The van der Waals surface area contributed by atoms with Crippen molar-refractivity contribution in [2.75, 3.05) is 0 Å². The average Bonchev–Trinajstić information content (AvgIpc) is 3.05. The molecular formula is C16H22N2O2. The molecule has 1 heterocycles. The first-order chi connectivity index (χ1) is 9.65. The van der Waals surface area contributed by atoms with Crippen LogP contribution in [0.2, 0.25) is 0 Å². The van der Waals surface area contributed by atoms with Gasteiger partial charge in [0.2, 0.25) is 0 Å². The standard InChI is InChI=1S/C16H22N2O2/c1-18-14-9-7-12(10-15(14)20-16(18)19)13(17)8-6-11-4-2-3-5-11/h7,9-11,13H,2-6,8,17H2,1H3. The number of benzene rings is 1. The maximum atomic E-state index is 11.5. The second-order valence-corrected chi connectivity index (χ2v) is 5.99. The van der Waals surface area contributed by atoms with Crippen molar-refractivity contribution < 1.29 is 4.42 Å². The van der Waals surface area contributed by atoms with Crippen LogP contribution in [-0.4, -0.2) is 4.57 Å². The number of rotatable bonds is 4. The Hall–Kier alpha value is -1.55. The smallest absolute Gasteiger partial charge is 0.408 e. The van der Waals surface area contributed by atoms with Crippen molar-refractivity contribution in [1.29, 1.82) is 0 Å². The van der Waals surface area contributed by atoms with Gasteiger partial charge in [0.25, 0.3) is 0 Å². The number of nitrogens with two attached hydrogens (primary N) is 1. The van der Waals surface area contributed by atoms with Gasteiger partial charge in [-0.15, -0.1) is 0 Å². The van der Waals surface area contributed by atoms with Crippen molar-refractivity contribution in [2.24, 2.45) is 18.7 Å². The van der Waals surface area contributed by atoms with E-state index in [9.17, 15) is 4.79 Å². The number of nitrogens with zero attached hydrogens (tertiary/aromatic N) is 1. The SMILES string of the molecule is Cn1c(=O)oc2cc(C(N)CCC3CCCC3)ccc21. The summed E-state index contributed by atoms with van der Waals surface area (Å²) < 4.78 is 6.74. The van der Waals surface area contributed by atoms with Crippen molar-refractivity contribution in [3.63, 3.8) is 0 Å². The Morgan fingerprint density at radius 1 is 1.40 bits per heavy atom. The highest BCUT2D eigenvalue weighted by Crippen LogP contribution is 2.31. The fourth-order valence-corrected chi connectivity index (χ4v) is 3.26. The molecule has 1 unspecified atom stereocenters. The molecule has 1 fully saturated rings. The Morgan fingerprint density at radius 2 is 2.15 bits per heavy atom. The maximum Gasteiger partial charge on any atom is 0.419 e. The minimum absolute atomic E-state index is 0.0329. The summed E-state index contributed by atoms with van der Waals surface area (Å²) in [6.45, 7) is 0. The van der Waals surface area contributed by atoms with E-state index in [1.54, 1.807) is 7.05 Å². The molecular weight excluding hydrogens is 252 g/mol. The van der Waals surface area contributed by atoms with Gasteiger partial charge in [-0.2, -0.15) is 0 Å². The molecule has 0 radical (unpaired) electrons. The van der Waals surface area contributed by atoms with Crippen molar-refractivity contribution in [3.8, 4) is 0 Å². The van der Waals surface area contributed by atoms with Crippen LogP contribution in [0.3, 0.4) is 0 Å². The average molecular weight is 274 g/mol. The lowest BCUT2D eigenvalue weighted by Crippen LogP contribution is -2.11. The lowest BCUT2D eigenvalue weighted by Gasteiger charge is -2.15. The van der Waals surface area contributed by atoms with Gasteiger partial charge < -0.3 is 10.2 Å². The molecule has 0 saturated heterocycles. The molecule has 4 nitrogen and oxygen atoms in total. The predicted octanol–water partition coefficient (Wildman–Crippen LogP) is 3.10. The first-order valence-electron chi connectivity index (χ1n) is 7.50. The molecule has 1 aliphatic carbocycles. The Bertz CT molecular complexity index is 650. The van der Waals surface area contributed by atoms with Crippen LogP contribution in [0.25, 0.3) is 11.1 Å². The third-order valence-corrected chi connectivity index (χ3v) is 4.61. The fraction of sp³-hybridized carbons (Fsp3) is 0.562. The first-order valence-corrected chi connectivity index (χ1v) is 7.50. The number of aromatic nitrogens is 1. The largest absolute Gasteiger partial charge is 0.419 e. The van der Waals surface area contributed by atoms with Crippen molar-refractivity contribution in [2.45, 2.75) is 44.6 Å². The Kier molecular flexibility index (Phi) is 3.66. The minimum atomic E-state index is -0.323. The molecule has 108 valence electrons. The molecule has 1 aromatic heterocycles. The van der Waals surface area contributed by atoms with Crippen molar-refractivity contribution in [3.05, 3.63) is 34.3 Å². The van der Waals surface area contributed by atoms with Gasteiger partial charge in [0.05, 0.1) is 5.52 Å². The highest BCUT2D eigenvalue weighted by Gasteiger charge is 2.17. The Labute approximate surface area is 118 Å². The van der Waals surface area contributed by atoms with Crippen LogP contribution in [0.1, 0.15) is 50.1 Å². The van der Waals surface area contributed by atoms with Crippen LogP contribution >= 0.6 is 0 Å². The van der Waals surface area contributed by atoms with E-state index in [4.69, 9.17) is 10.2 Å². The summed E-state index contributed by atoms with van der Waals surface area (Å²) in [6.07, 6.45) is 7.69. The quantitative estimate of drug-likeness (QED) is 0.931. The van der Waals surface area contributed by atoms with E-state index in [-0.39, 0.29) is 11.8 Å². The Balaban J connectivity index is 1.73. The number of hydrogen-bond donors (Lipinski definition) is 1. The van der Waals surface area contributed by atoms with E-state index in [1.807, 2.05) is 18.2 Å². The highest BCUT2D eigenvalue weighted by molar-refractivity contribution is 5.73. The Morgan fingerprint density at radius 3 is 2.90 bits per heavy atom. The molecule has 1 aromatic carbocycles. The van der Waals surface area contributed by atoms with Crippen LogP contribution in [0, 0.1) is 5.92 Å². The number of aryl methyl sites for hydroxylation is 1. The summed E-state index contributed by atoms with van der Waals surface area (Å²) in [7, 11) is 1.72. The van der Waals surface area contributed by atoms with Gasteiger partial charge in [-0.3, -0.25) is 4.57 Å². The summed E-state index contributed by atoms with van der Waals surface area (Å²) in [6, 6.07) is 5.88. The van der Waals surface area contributed by atoms with Crippen LogP contribution in [-0.2, 0) is 7.05 Å². The second kappa shape index (κ2) is 5.44. The molecule has 1 atom stereocenters. The molecule has 4 heteroatoms. The van der Waals surface area contributed by atoms with Gasteiger partial charge in [-0.25, -0.2) is 4.79 Å². The van der Waals surface area contributed by atoms with E-state index in [1.165, 1.54) is 36.7 Å². The normalized spacial score (nSPS) is 17.9. The molecule has 0 spiro atoms. The molecule has 0 aliphatic heterocycles. The van der Waals surface area contributed by atoms with E-state index < -0.39 is 0 Å². The zero-order valence-electron chi connectivity index (χ0n) is 12.0. The van der Waals surface area contributed by atoms with Crippen molar-refractivity contribution >= 4 is 11.1 Å². The van der Waals surface area contributed by atoms with Gasteiger partial charge in [0.1, 0.15) is 0 Å².